The lowest BCUT2D eigenvalue weighted by atomic mass is 9.80. The van der Waals surface area contributed by atoms with Crippen LogP contribution < -0.4 is 5.32 Å². The third kappa shape index (κ3) is 3.77. The summed E-state index contributed by atoms with van der Waals surface area (Å²) in [5, 5.41) is 5.59. The van der Waals surface area contributed by atoms with Gasteiger partial charge in [0.25, 0.3) is 5.91 Å². The number of hydrogen-bond acceptors (Lipinski definition) is 4. The highest BCUT2D eigenvalue weighted by molar-refractivity contribution is 7.10. The number of ketones is 1. The maximum absolute atomic E-state index is 13.4. The van der Waals surface area contributed by atoms with E-state index in [1.807, 2.05) is 55.6 Å². The Morgan fingerprint density at radius 2 is 1.94 bits per heavy atom. The number of aromatic nitrogens is 1. The number of aryl methyl sites for hydroxylation is 3. The van der Waals surface area contributed by atoms with Crippen molar-refractivity contribution in [2.75, 3.05) is 6.54 Å². The van der Waals surface area contributed by atoms with Gasteiger partial charge in [0.15, 0.2) is 5.78 Å². The molecule has 34 heavy (non-hydrogen) atoms. The summed E-state index contributed by atoms with van der Waals surface area (Å²) in [4.78, 5) is 41.8. The number of halogens is 1. The monoisotopic (exact) mass is 495 g/mol. The van der Waals surface area contributed by atoms with Gasteiger partial charge in [-0.25, -0.2) is 4.79 Å². The molecule has 2 aliphatic rings. The van der Waals surface area contributed by atoms with E-state index in [1.54, 1.807) is 11.3 Å². The van der Waals surface area contributed by atoms with Gasteiger partial charge in [-0.05, 0) is 74.7 Å². The quantitative estimate of drug-likeness (QED) is 0.385. The second kappa shape index (κ2) is 8.71. The smallest absolute Gasteiger partial charge is 0.325 e. The maximum atomic E-state index is 13.4. The first-order valence-electron chi connectivity index (χ1n) is 11.5. The number of thiophene rings is 1. The summed E-state index contributed by atoms with van der Waals surface area (Å²) >= 11 is 7.59. The van der Waals surface area contributed by atoms with Crippen LogP contribution in [0.4, 0.5) is 4.79 Å². The highest BCUT2D eigenvalue weighted by Gasteiger charge is 2.54. The van der Waals surface area contributed by atoms with E-state index in [9.17, 15) is 14.4 Å². The number of nitrogens with one attached hydrogen (secondary N) is 1. The van der Waals surface area contributed by atoms with Crippen molar-refractivity contribution >= 4 is 40.7 Å². The van der Waals surface area contributed by atoms with Gasteiger partial charge in [-0.2, -0.15) is 0 Å². The van der Waals surface area contributed by atoms with Gasteiger partial charge in [-0.1, -0.05) is 23.7 Å². The Balaban J connectivity index is 1.33. The second-order valence-electron chi connectivity index (χ2n) is 9.07. The third-order valence-electron chi connectivity index (χ3n) is 7.05. The average Bonchev–Trinajstić information content (AvgIpc) is 3.47. The van der Waals surface area contributed by atoms with Crippen LogP contribution in [0.1, 0.15) is 50.6 Å². The zero-order chi connectivity index (χ0) is 24.0. The molecule has 2 aromatic heterocycles. The van der Waals surface area contributed by atoms with Crippen molar-refractivity contribution in [3.63, 3.8) is 0 Å². The molecule has 8 heteroatoms. The number of carbonyl (C=O) groups is 3. The molecular formula is C26H26ClN3O3S. The van der Waals surface area contributed by atoms with E-state index >= 15 is 0 Å². The van der Waals surface area contributed by atoms with Gasteiger partial charge in [0, 0.05) is 39.0 Å². The van der Waals surface area contributed by atoms with Crippen LogP contribution in [0.15, 0.2) is 41.8 Å². The number of amides is 3. The molecule has 1 aromatic carbocycles. The van der Waals surface area contributed by atoms with Crippen LogP contribution in [0, 0.1) is 13.8 Å². The van der Waals surface area contributed by atoms with E-state index in [0.717, 1.165) is 58.1 Å². The van der Waals surface area contributed by atoms with Crippen molar-refractivity contribution in [3.05, 3.63) is 79.8 Å². The summed E-state index contributed by atoms with van der Waals surface area (Å²) < 4.78 is 2.11. The van der Waals surface area contributed by atoms with Gasteiger partial charge in [0.2, 0.25) is 0 Å². The van der Waals surface area contributed by atoms with E-state index in [1.165, 1.54) is 0 Å². The predicted molar refractivity (Wildman–Crippen MR) is 133 cm³/mol. The Bertz CT molecular complexity index is 1290. The fourth-order valence-corrected chi connectivity index (χ4v) is 6.36. The average molecular weight is 496 g/mol. The van der Waals surface area contributed by atoms with Crippen LogP contribution in [0.5, 0.6) is 0 Å². The molecule has 1 aliphatic carbocycles. The van der Waals surface area contributed by atoms with E-state index < -0.39 is 11.6 Å². The maximum Gasteiger partial charge on any atom is 0.325 e. The number of Topliss-reactive ketones (excluding diaryl/α,β-unsaturated/α-hetero) is 1. The lowest BCUT2D eigenvalue weighted by Crippen LogP contribution is -2.46. The second-order valence-corrected chi connectivity index (χ2v) is 10.5. The van der Waals surface area contributed by atoms with Gasteiger partial charge in [0.1, 0.15) is 5.54 Å². The molecular weight excluding hydrogens is 470 g/mol. The summed E-state index contributed by atoms with van der Waals surface area (Å²) in [6, 6.07) is 11.0. The van der Waals surface area contributed by atoms with Crippen LogP contribution in [0.3, 0.4) is 0 Å². The number of nitrogens with zero attached hydrogens (tertiary/aromatic N) is 2. The summed E-state index contributed by atoms with van der Waals surface area (Å²) in [6.45, 7) is 4.34. The largest absolute Gasteiger partial charge is 0.348 e. The fourth-order valence-electron chi connectivity index (χ4n) is 5.23. The van der Waals surface area contributed by atoms with E-state index in [-0.39, 0.29) is 18.2 Å². The van der Waals surface area contributed by atoms with Crippen LogP contribution in [-0.2, 0) is 29.7 Å². The molecule has 0 saturated carbocycles. The summed E-state index contributed by atoms with van der Waals surface area (Å²) in [5.74, 6) is -0.547. The van der Waals surface area contributed by atoms with E-state index in [0.29, 0.717) is 17.0 Å². The Kier molecular flexibility index (Phi) is 5.86. The Hall–Kier alpha value is -2.90. The molecule has 3 amide bonds. The molecule has 0 radical (unpaired) electrons. The molecule has 1 aliphatic heterocycles. The Labute approximate surface area is 207 Å². The van der Waals surface area contributed by atoms with Crippen molar-refractivity contribution in [1.82, 2.24) is 14.8 Å². The van der Waals surface area contributed by atoms with Gasteiger partial charge >= 0.3 is 6.03 Å². The van der Waals surface area contributed by atoms with Gasteiger partial charge in [-0.15, -0.1) is 11.3 Å². The van der Waals surface area contributed by atoms with Crippen molar-refractivity contribution in [2.24, 2.45) is 0 Å². The number of hydrogen-bond donors (Lipinski definition) is 1. The van der Waals surface area contributed by atoms with Crippen molar-refractivity contribution < 1.29 is 14.4 Å². The first-order chi connectivity index (χ1) is 16.3. The van der Waals surface area contributed by atoms with Crippen molar-refractivity contribution in [3.8, 4) is 0 Å². The first kappa shape index (κ1) is 22.9. The minimum absolute atomic E-state index is 0.229. The molecule has 1 fully saturated rings. The number of rotatable bonds is 6. The number of benzene rings is 1. The van der Waals surface area contributed by atoms with Gasteiger partial charge in [-0.3, -0.25) is 14.5 Å². The molecule has 0 bridgehead atoms. The molecule has 0 unspecified atom stereocenters. The van der Waals surface area contributed by atoms with Crippen LogP contribution in [0.25, 0.3) is 0 Å². The number of carbonyl (C=O) groups excluding carboxylic acids is 3. The Morgan fingerprint density at radius 1 is 1.18 bits per heavy atom. The van der Waals surface area contributed by atoms with Crippen LogP contribution >= 0.6 is 22.9 Å². The molecule has 1 saturated heterocycles. The molecule has 6 nitrogen and oxygen atoms in total. The lowest BCUT2D eigenvalue weighted by molar-refractivity contribution is -0.131. The number of fused-ring (bicyclic) bond motifs is 2. The highest BCUT2D eigenvalue weighted by Crippen LogP contribution is 2.42. The number of imide groups is 1. The van der Waals surface area contributed by atoms with Crippen LogP contribution in [0.2, 0.25) is 5.02 Å². The SMILES string of the molecule is Cc1cc(C(=O)CN2C(=O)N[C@@]3(CCCc4sccc43)C2=O)c(C)n1CCc1ccc(Cl)cc1. The molecule has 3 aromatic rings. The Morgan fingerprint density at radius 3 is 2.71 bits per heavy atom. The number of urea groups is 1. The van der Waals surface area contributed by atoms with Crippen LogP contribution in [-0.4, -0.2) is 33.7 Å². The molecule has 1 atom stereocenters. The summed E-state index contributed by atoms with van der Waals surface area (Å²) in [5.41, 5.74) is 3.39. The normalized spacial score (nSPS) is 19.6. The minimum Gasteiger partial charge on any atom is -0.348 e. The fraction of sp³-hybridized carbons (Fsp3) is 0.346. The van der Waals surface area contributed by atoms with Crippen molar-refractivity contribution in [2.45, 2.75) is 51.6 Å². The van der Waals surface area contributed by atoms with E-state index in [2.05, 4.69) is 9.88 Å². The summed E-state index contributed by atoms with van der Waals surface area (Å²) in [7, 11) is 0. The lowest BCUT2D eigenvalue weighted by Gasteiger charge is -2.31. The van der Waals surface area contributed by atoms with Gasteiger partial charge < -0.3 is 9.88 Å². The molecule has 3 heterocycles. The van der Waals surface area contributed by atoms with E-state index in [4.69, 9.17) is 11.6 Å². The topological polar surface area (TPSA) is 71.4 Å². The minimum atomic E-state index is -1.03. The molecule has 5 rings (SSSR count). The standard InChI is InChI=1S/C26H26ClN3O3S/c1-16-14-20(17(2)29(16)12-9-18-5-7-19(27)8-6-18)22(31)15-30-24(32)26(28-25(30)33)11-3-4-23-21(26)10-13-34-23/h5-8,10,13-14H,3-4,9,11-12,15H2,1-2H3,(H,28,33)/t26-/m1/s1. The third-order valence-corrected chi connectivity index (χ3v) is 8.28. The first-order valence-corrected chi connectivity index (χ1v) is 12.7. The molecule has 1 N–H and O–H groups in total. The van der Waals surface area contributed by atoms with Gasteiger partial charge in [0.05, 0.1) is 6.54 Å². The zero-order valence-corrected chi connectivity index (χ0v) is 20.8. The van der Waals surface area contributed by atoms with Crippen molar-refractivity contribution in [1.29, 1.82) is 0 Å². The summed E-state index contributed by atoms with van der Waals surface area (Å²) in [6.07, 6.45) is 3.11. The molecule has 176 valence electrons. The zero-order valence-electron chi connectivity index (χ0n) is 19.2. The predicted octanol–water partition coefficient (Wildman–Crippen LogP) is 5.03. The highest BCUT2D eigenvalue weighted by atomic mass is 35.5. The molecule has 1 spiro atoms.